The van der Waals surface area contributed by atoms with E-state index >= 15 is 0 Å². The smallest absolute Gasteiger partial charge is 0.277 e. The van der Waals surface area contributed by atoms with E-state index < -0.39 is 6.04 Å². The van der Waals surface area contributed by atoms with Crippen LogP contribution in [0.5, 0.6) is 0 Å². The normalized spacial score (nSPS) is 14.6. The number of fused-ring (bicyclic) bond motifs is 1. The Morgan fingerprint density at radius 1 is 1.12 bits per heavy atom. The molecule has 0 fully saturated rings. The van der Waals surface area contributed by atoms with E-state index in [4.69, 9.17) is 11.1 Å². The van der Waals surface area contributed by atoms with Crippen LogP contribution in [-0.4, -0.2) is 27.8 Å². The molecule has 32 heavy (non-hydrogen) atoms. The number of hydrogen-bond acceptors (Lipinski definition) is 5. The van der Waals surface area contributed by atoms with Crippen LogP contribution in [0.3, 0.4) is 0 Å². The number of carbonyl (C=O) groups is 1. The summed E-state index contributed by atoms with van der Waals surface area (Å²) in [6.07, 6.45) is 3.49. The number of aryl methyl sites for hydroxylation is 1. The van der Waals surface area contributed by atoms with Crippen molar-refractivity contribution >= 4 is 17.4 Å². The van der Waals surface area contributed by atoms with Gasteiger partial charge in [0.1, 0.15) is 23.4 Å². The van der Waals surface area contributed by atoms with Crippen LogP contribution in [0.4, 0.5) is 5.69 Å². The Bertz CT molecular complexity index is 1170. The molecule has 1 amide bonds. The molecule has 0 spiro atoms. The average Bonchev–Trinajstić information content (AvgIpc) is 3.25. The molecule has 0 bridgehead atoms. The van der Waals surface area contributed by atoms with Gasteiger partial charge in [0.15, 0.2) is 0 Å². The number of hydrogen-bond donors (Lipinski definition) is 4. The van der Waals surface area contributed by atoms with E-state index in [2.05, 4.69) is 15.6 Å². The molecular weight excluding hydrogens is 404 g/mol. The van der Waals surface area contributed by atoms with E-state index in [9.17, 15) is 9.59 Å². The maximum absolute atomic E-state index is 13.0. The highest BCUT2D eigenvalue weighted by Gasteiger charge is 2.30. The molecule has 1 atom stereocenters. The number of nitrogen functional groups attached to an aromatic ring is 1. The van der Waals surface area contributed by atoms with Crippen LogP contribution in [0.15, 0.2) is 65.6 Å². The monoisotopic (exact) mass is 430 g/mol. The largest absolute Gasteiger partial charge is 0.384 e. The molecule has 1 aliphatic heterocycles. The molecule has 2 aromatic carbocycles. The van der Waals surface area contributed by atoms with Gasteiger partial charge in [0, 0.05) is 25.1 Å². The van der Waals surface area contributed by atoms with Crippen LogP contribution >= 0.6 is 0 Å². The average molecular weight is 431 g/mol. The van der Waals surface area contributed by atoms with Crippen molar-refractivity contribution in [3.8, 4) is 0 Å². The number of rotatable bonds is 8. The maximum atomic E-state index is 13.0. The van der Waals surface area contributed by atoms with Gasteiger partial charge in [-0.25, -0.2) is 4.98 Å². The first kappa shape index (κ1) is 21.3. The van der Waals surface area contributed by atoms with Gasteiger partial charge in [0.05, 0.1) is 6.20 Å². The summed E-state index contributed by atoms with van der Waals surface area (Å²) in [6, 6.07) is 16.6. The third kappa shape index (κ3) is 4.69. The quantitative estimate of drug-likeness (QED) is 0.321. The summed E-state index contributed by atoms with van der Waals surface area (Å²) >= 11 is 0. The number of nitrogens with two attached hydrogens (primary N) is 1. The van der Waals surface area contributed by atoms with Crippen LogP contribution in [0.25, 0.3) is 0 Å². The second-order valence-corrected chi connectivity index (χ2v) is 7.81. The van der Waals surface area contributed by atoms with Crippen LogP contribution in [0.2, 0.25) is 0 Å². The highest BCUT2D eigenvalue weighted by Crippen LogP contribution is 2.23. The molecule has 0 unspecified atom stereocenters. The number of amides is 1. The van der Waals surface area contributed by atoms with E-state index in [0.717, 1.165) is 12.0 Å². The summed E-state index contributed by atoms with van der Waals surface area (Å²) in [6.45, 7) is 0.938. The van der Waals surface area contributed by atoms with Crippen molar-refractivity contribution in [2.45, 2.75) is 31.8 Å². The summed E-state index contributed by atoms with van der Waals surface area (Å²) in [4.78, 5) is 30.3. The third-order valence-corrected chi connectivity index (χ3v) is 5.63. The summed E-state index contributed by atoms with van der Waals surface area (Å²) < 4.78 is 1.51. The van der Waals surface area contributed by atoms with Gasteiger partial charge in [-0.1, -0.05) is 54.6 Å². The number of carbonyl (C=O) groups excluding carboxylic acids is 1. The predicted molar refractivity (Wildman–Crippen MR) is 124 cm³/mol. The van der Waals surface area contributed by atoms with Crippen molar-refractivity contribution in [1.29, 1.82) is 5.41 Å². The SMILES string of the molecule is N=C(N)c1ccc(CNC(=O)[C@@H]2CCc3ncc(NCCc4ccccc4)c(=O)n32)cc1. The Morgan fingerprint density at radius 3 is 2.59 bits per heavy atom. The van der Waals surface area contributed by atoms with Crippen LogP contribution in [-0.2, 0) is 24.2 Å². The fourth-order valence-electron chi connectivity index (χ4n) is 3.87. The molecule has 8 heteroatoms. The highest BCUT2D eigenvalue weighted by atomic mass is 16.2. The first-order chi connectivity index (χ1) is 15.5. The Hall–Kier alpha value is -3.94. The minimum atomic E-state index is -0.572. The van der Waals surface area contributed by atoms with Crippen molar-refractivity contribution in [3.05, 3.63) is 93.7 Å². The number of anilines is 1. The van der Waals surface area contributed by atoms with Gasteiger partial charge in [-0.3, -0.25) is 19.6 Å². The molecule has 0 aliphatic carbocycles. The number of aromatic nitrogens is 2. The Balaban J connectivity index is 1.40. The zero-order chi connectivity index (χ0) is 22.5. The van der Waals surface area contributed by atoms with Gasteiger partial charge in [-0.15, -0.1) is 0 Å². The highest BCUT2D eigenvalue weighted by molar-refractivity contribution is 5.94. The van der Waals surface area contributed by atoms with E-state index in [-0.39, 0.29) is 17.3 Å². The number of nitrogens with one attached hydrogen (secondary N) is 3. The van der Waals surface area contributed by atoms with Gasteiger partial charge in [-0.05, 0) is 24.0 Å². The Morgan fingerprint density at radius 2 is 1.88 bits per heavy atom. The molecule has 5 N–H and O–H groups in total. The van der Waals surface area contributed by atoms with Crippen molar-refractivity contribution < 1.29 is 4.79 Å². The standard InChI is InChI=1S/C24H26N6O2/c25-22(26)18-8-6-17(7-9-18)14-29-23(31)20-10-11-21-28-15-19(24(32)30(20)21)27-13-12-16-4-2-1-3-5-16/h1-9,15,20,27H,10-14H2,(H3,25,26)(H,29,31)/t20-/m0/s1. The van der Waals surface area contributed by atoms with E-state index in [1.54, 1.807) is 18.3 Å². The molecular formula is C24H26N6O2. The summed E-state index contributed by atoms with van der Waals surface area (Å²) in [7, 11) is 0. The molecule has 4 rings (SSSR count). The van der Waals surface area contributed by atoms with Crippen LogP contribution in [0, 0.1) is 5.41 Å². The Labute approximate surface area is 186 Å². The van der Waals surface area contributed by atoms with E-state index in [1.807, 2.05) is 42.5 Å². The first-order valence-corrected chi connectivity index (χ1v) is 10.6. The minimum Gasteiger partial charge on any atom is -0.384 e. The number of benzene rings is 2. The third-order valence-electron chi connectivity index (χ3n) is 5.63. The molecule has 8 nitrogen and oxygen atoms in total. The number of nitrogens with zero attached hydrogens (tertiary/aromatic N) is 2. The van der Waals surface area contributed by atoms with E-state index in [1.165, 1.54) is 10.1 Å². The lowest BCUT2D eigenvalue weighted by Crippen LogP contribution is -2.36. The minimum absolute atomic E-state index is 0.00297. The summed E-state index contributed by atoms with van der Waals surface area (Å²) in [5.41, 5.74) is 8.37. The Kier molecular flexibility index (Phi) is 6.30. The van der Waals surface area contributed by atoms with Crippen molar-refractivity contribution in [3.63, 3.8) is 0 Å². The van der Waals surface area contributed by atoms with Gasteiger partial charge in [0.25, 0.3) is 5.56 Å². The molecule has 0 saturated carbocycles. The molecule has 3 aromatic rings. The zero-order valence-electron chi connectivity index (χ0n) is 17.7. The second kappa shape index (κ2) is 9.47. The van der Waals surface area contributed by atoms with Crippen molar-refractivity contribution in [2.24, 2.45) is 5.73 Å². The van der Waals surface area contributed by atoms with Gasteiger partial charge in [0.2, 0.25) is 5.91 Å². The lowest BCUT2D eigenvalue weighted by molar-refractivity contribution is -0.124. The molecule has 0 saturated heterocycles. The van der Waals surface area contributed by atoms with E-state index in [0.29, 0.717) is 43.0 Å². The molecule has 0 radical (unpaired) electrons. The van der Waals surface area contributed by atoms with Crippen LogP contribution in [0.1, 0.15) is 35.0 Å². The van der Waals surface area contributed by atoms with Gasteiger partial charge >= 0.3 is 0 Å². The summed E-state index contributed by atoms with van der Waals surface area (Å²) in [5.74, 6) is 0.433. The topological polar surface area (TPSA) is 126 Å². The van der Waals surface area contributed by atoms with Gasteiger partial charge in [-0.2, -0.15) is 0 Å². The van der Waals surface area contributed by atoms with Gasteiger partial charge < -0.3 is 16.4 Å². The fourth-order valence-corrected chi connectivity index (χ4v) is 3.87. The number of amidine groups is 1. The molecule has 2 heterocycles. The summed E-state index contributed by atoms with van der Waals surface area (Å²) in [5, 5.41) is 13.5. The first-order valence-electron chi connectivity index (χ1n) is 10.6. The van der Waals surface area contributed by atoms with Crippen LogP contribution < -0.4 is 21.9 Å². The second-order valence-electron chi connectivity index (χ2n) is 7.81. The maximum Gasteiger partial charge on any atom is 0.277 e. The lowest BCUT2D eigenvalue weighted by atomic mass is 10.1. The van der Waals surface area contributed by atoms with Crippen molar-refractivity contribution in [2.75, 3.05) is 11.9 Å². The lowest BCUT2D eigenvalue weighted by Gasteiger charge is -2.16. The fraction of sp³-hybridized carbons (Fsp3) is 0.250. The molecule has 1 aliphatic rings. The van der Waals surface area contributed by atoms with Crippen molar-refractivity contribution in [1.82, 2.24) is 14.9 Å². The predicted octanol–water partition coefficient (Wildman–Crippen LogP) is 1.99. The molecule has 164 valence electrons. The molecule has 1 aromatic heterocycles. The zero-order valence-corrected chi connectivity index (χ0v) is 17.7.